The van der Waals surface area contributed by atoms with E-state index in [0.29, 0.717) is 42.7 Å². The van der Waals surface area contributed by atoms with Gasteiger partial charge in [0.2, 0.25) is 0 Å². The van der Waals surface area contributed by atoms with E-state index in [2.05, 4.69) is 36.8 Å². The van der Waals surface area contributed by atoms with Crippen LogP contribution in [0.3, 0.4) is 0 Å². The molecule has 11 heteroatoms. The van der Waals surface area contributed by atoms with Crippen LogP contribution in [0.5, 0.6) is 5.75 Å². The predicted octanol–water partition coefficient (Wildman–Crippen LogP) is 9.65. The number of hydrogen-bond donors (Lipinski definition) is 3. The highest BCUT2D eigenvalue weighted by Crippen LogP contribution is 2.78. The van der Waals surface area contributed by atoms with E-state index in [4.69, 9.17) is 4.74 Å². The van der Waals surface area contributed by atoms with Crippen LogP contribution in [0.1, 0.15) is 79.6 Å². The first-order valence-electron chi connectivity index (χ1n) is 21.3. The van der Waals surface area contributed by atoms with E-state index in [0.717, 1.165) is 40.5 Å². The van der Waals surface area contributed by atoms with Crippen molar-refractivity contribution in [2.45, 2.75) is 96.1 Å². The molecule has 3 aromatic carbocycles. The molecule has 2 bridgehead atoms. The number of benzene rings is 3. The summed E-state index contributed by atoms with van der Waals surface area (Å²) in [5.74, 6) is -0.222. The molecular weight excluding hydrogens is 788 g/mol. The fourth-order valence-electron chi connectivity index (χ4n) is 12.7. The molecule has 60 heavy (non-hydrogen) atoms. The summed E-state index contributed by atoms with van der Waals surface area (Å²) in [5.41, 5.74) is -0.624. The second-order valence-electron chi connectivity index (χ2n) is 18.8. The fraction of sp³-hybridized carbons (Fsp3) is 0.490. The second-order valence-corrected chi connectivity index (χ2v) is 19.9. The Bertz CT molecular complexity index is 2260. The largest absolute Gasteiger partial charge is 0.573 e. The number of nitrogens with zero attached hydrogens (tertiary/aromatic N) is 1. The number of aliphatic hydroxyl groups is 3. The lowest BCUT2D eigenvalue weighted by Gasteiger charge is -2.71. The number of halogens is 3. The normalized spacial score (nSPS) is 33.6. The van der Waals surface area contributed by atoms with Crippen LogP contribution in [0.2, 0.25) is 0 Å². The molecule has 10 rings (SSSR count). The van der Waals surface area contributed by atoms with Crippen LogP contribution in [0.4, 0.5) is 13.2 Å². The lowest BCUT2D eigenvalue weighted by molar-refractivity contribution is -0.274. The molecule has 1 heterocycles. The smallest absolute Gasteiger partial charge is 0.406 e. The van der Waals surface area contributed by atoms with Gasteiger partial charge in [0.25, 0.3) is 0 Å². The minimum Gasteiger partial charge on any atom is -0.406 e. The van der Waals surface area contributed by atoms with E-state index in [-0.39, 0.29) is 55.0 Å². The molecule has 9 unspecified atom stereocenters. The van der Waals surface area contributed by atoms with Crippen LogP contribution >= 0.6 is 11.3 Å². The average molecular weight is 842 g/mol. The van der Waals surface area contributed by atoms with Crippen LogP contribution in [0, 0.1) is 33.5 Å². The molecule has 2 spiro atoms. The summed E-state index contributed by atoms with van der Waals surface area (Å²) in [5, 5.41) is 36.8. The van der Waals surface area contributed by atoms with Crippen molar-refractivity contribution in [3.05, 3.63) is 125 Å². The number of thiophene rings is 1. The molecule has 7 nitrogen and oxygen atoms in total. The van der Waals surface area contributed by atoms with Gasteiger partial charge in [0, 0.05) is 46.2 Å². The van der Waals surface area contributed by atoms with Gasteiger partial charge in [0.05, 0.1) is 35.9 Å². The molecule has 0 aliphatic heterocycles. The first-order valence-corrected chi connectivity index (χ1v) is 22.1. The summed E-state index contributed by atoms with van der Waals surface area (Å²) in [6.45, 7) is 5.57. The maximum atomic E-state index is 15.2. The maximum absolute atomic E-state index is 15.2. The highest BCUT2D eigenvalue weighted by atomic mass is 32.1. The Morgan fingerprint density at radius 2 is 1.60 bits per heavy atom. The van der Waals surface area contributed by atoms with Crippen molar-refractivity contribution in [3.63, 3.8) is 0 Å². The van der Waals surface area contributed by atoms with Crippen LogP contribution in [0.25, 0.3) is 10.1 Å². The Morgan fingerprint density at radius 3 is 2.35 bits per heavy atom. The minimum atomic E-state index is -4.81. The van der Waals surface area contributed by atoms with Crippen LogP contribution in [-0.4, -0.2) is 69.9 Å². The van der Waals surface area contributed by atoms with Crippen molar-refractivity contribution < 1.29 is 42.8 Å². The number of carbonyl (C=O) groups is 1. The van der Waals surface area contributed by atoms with Crippen LogP contribution in [-0.2, 0) is 17.9 Å². The third-order valence-corrected chi connectivity index (χ3v) is 16.7. The molecule has 0 saturated heterocycles. The summed E-state index contributed by atoms with van der Waals surface area (Å²) in [4.78, 5) is 17.9. The first-order chi connectivity index (χ1) is 28.6. The zero-order valence-electron chi connectivity index (χ0n) is 34.2. The van der Waals surface area contributed by atoms with Gasteiger partial charge in [-0.1, -0.05) is 92.7 Å². The molecule has 6 aliphatic carbocycles. The number of allylic oxidation sites excluding steroid dienone is 4. The van der Waals surface area contributed by atoms with Gasteiger partial charge in [0.15, 0.2) is 5.78 Å². The van der Waals surface area contributed by atoms with Crippen molar-refractivity contribution in [1.29, 1.82) is 0 Å². The first kappa shape index (κ1) is 41.5. The molecule has 3 saturated carbocycles. The Labute approximate surface area is 353 Å². The highest BCUT2D eigenvalue weighted by molar-refractivity contribution is 7.21. The number of ether oxygens (including phenoxy) is 2. The van der Waals surface area contributed by atoms with E-state index < -0.39 is 40.4 Å². The topological polar surface area (TPSA) is 99.5 Å². The molecule has 0 amide bonds. The Kier molecular flexibility index (Phi) is 10.5. The van der Waals surface area contributed by atoms with Gasteiger partial charge in [-0.3, -0.25) is 9.69 Å². The molecule has 6 aliphatic rings. The number of Topliss-reactive ketones (excluding diaryl/α,β-unsaturated/α-hetero) is 1. The second kappa shape index (κ2) is 15.2. The number of carbonyl (C=O) groups excluding carboxylic acids is 1. The van der Waals surface area contributed by atoms with Gasteiger partial charge in [-0.05, 0) is 103 Å². The molecule has 9 atom stereocenters. The molecule has 4 aromatic rings. The molecule has 0 radical (unpaired) electrons. The van der Waals surface area contributed by atoms with E-state index >= 15 is 4.79 Å². The molecule has 3 N–H and O–H groups in total. The maximum Gasteiger partial charge on any atom is 0.573 e. The lowest BCUT2D eigenvalue weighted by Crippen LogP contribution is -2.67. The standard InChI is InChI=1S/C49H54F3NO6S/c1-44-19-16-35(54)25-46(44)22-23-48(38(26-46)43(56)40-24-34-10-6-7-11-39(34)60-40)41(44)17-20-45(2)42(48)18-21-47(45,57)31-53(27-32-12-14-37(15-13-32)59-49(50,51)52)28-36(55)30-58-29-33-8-4-3-5-9-33/h3-15,22-24,26,35-36,41-42,54-55,57H,16-21,25,27-31H2,1-2H3. The number of aliphatic hydroxyl groups excluding tert-OH is 2. The third kappa shape index (κ3) is 6.97. The molecular formula is C49H54F3NO6S. The highest BCUT2D eigenvalue weighted by Gasteiger charge is 2.74. The van der Waals surface area contributed by atoms with Gasteiger partial charge in [0.1, 0.15) is 5.75 Å². The molecule has 3 fully saturated rings. The van der Waals surface area contributed by atoms with Crippen molar-refractivity contribution in [2.75, 3.05) is 19.7 Å². The van der Waals surface area contributed by atoms with E-state index in [1.165, 1.54) is 23.5 Å². The Morgan fingerprint density at radius 1 is 0.900 bits per heavy atom. The summed E-state index contributed by atoms with van der Waals surface area (Å²) in [6, 6.07) is 25.5. The van der Waals surface area contributed by atoms with Gasteiger partial charge < -0.3 is 24.8 Å². The predicted molar refractivity (Wildman–Crippen MR) is 225 cm³/mol. The van der Waals surface area contributed by atoms with Gasteiger partial charge in [-0.2, -0.15) is 0 Å². The van der Waals surface area contributed by atoms with E-state index in [1.54, 1.807) is 12.1 Å². The Balaban J connectivity index is 1.04. The van der Waals surface area contributed by atoms with E-state index in [9.17, 15) is 28.5 Å². The zero-order chi connectivity index (χ0) is 42.1. The monoisotopic (exact) mass is 841 g/mol. The third-order valence-electron chi connectivity index (χ3n) is 15.5. The van der Waals surface area contributed by atoms with Crippen molar-refractivity contribution in [1.82, 2.24) is 4.90 Å². The van der Waals surface area contributed by atoms with Crippen molar-refractivity contribution in [2.24, 2.45) is 33.5 Å². The SMILES string of the molecule is CC12CCC(O)CC13C=CC1(C(C(=O)c4cc5ccccc5s4)=C3)C2CCC2(C)C1CCC2(O)CN(Cc1ccc(OC(F)(F)F)cc1)CC(O)COCc1ccccc1. The minimum absolute atomic E-state index is 0.0323. The number of hydrogen-bond acceptors (Lipinski definition) is 8. The van der Waals surface area contributed by atoms with Crippen molar-refractivity contribution in [3.8, 4) is 5.75 Å². The number of rotatable bonds is 13. The average Bonchev–Trinajstić information content (AvgIpc) is 3.76. The van der Waals surface area contributed by atoms with Gasteiger partial charge in [-0.25, -0.2) is 0 Å². The van der Waals surface area contributed by atoms with Gasteiger partial charge in [-0.15, -0.1) is 24.5 Å². The lowest BCUT2D eigenvalue weighted by atomic mass is 9.32. The summed E-state index contributed by atoms with van der Waals surface area (Å²) < 4.78 is 50.1. The quantitative estimate of drug-likeness (QED) is 0.0912. The summed E-state index contributed by atoms with van der Waals surface area (Å²) >= 11 is 1.52. The number of ketones is 1. The zero-order valence-corrected chi connectivity index (χ0v) is 35.0. The van der Waals surface area contributed by atoms with Crippen molar-refractivity contribution >= 4 is 27.2 Å². The summed E-state index contributed by atoms with van der Waals surface area (Å²) in [6.07, 6.45) is 5.57. The molecule has 1 aromatic heterocycles. The number of alkyl halides is 3. The fourth-order valence-corrected chi connectivity index (χ4v) is 13.7. The van der Waals surface area contributed by atoms with E-state index in [1.807, 2.05) is 65.6 Å². The number of fused-ring (bicyclic) bond motifs is 2. The van der Waals surface area contributed by atoms with Crippen LogP contribution < -0.4 is 4.74 Å². The Hall–Kier alpha value is -3.84. The summed E-state index contributed by atoms with van der Waals surface area (Å²) in [7, 11) is 0. The van der Waals surface area contributed by atoms with Gasteiger partial charge >= 0.3 is 6.36 Å². The van der Waals surface area contributed by atoms with Crippen LogP contribution in [0.15, 0.2) is 109 Å². The molecule has 318 valence electrons.